The fraction of sp³-hybridized carbons (Fsp3) is 0.826. The van der Waals surface area contributed by atoms with E-state index in [1.807, 2.05) is 7.05 Å². The van der Waals surface area contributed by atoms with Crippen LogP contribution in [0.4, 0.5) is 0 Å². The number of rotatable bonds is 7. The molecule has 164 valence electrons. The van der Waals surface area contributed by atoms with Gasteiger partial charge in [-0.05, 0) is 70.9 Å². The van der Waals surface area contributed by atoms with Gasteiger partial charge in [0, 0.05) is 18.9 Å². The quantitative estimate of drug-likeness (QED) is 0.688. The highest BCUT2D eigenvalue weighted by Crippen LogP contribution is 2.40. The minimum Gasteiger partial charge on any atom is -0.339 e. The minimum atomic E-state index is -0.671. The van der Waals surface area contributed by atoms with Crippen molar-refractivity contribution in [3.8, 4) is 6.07 Å². The molecule has 1 spiro atoms. The lowest BCUT2D eigenvalue weighted by Crippen LogP contribution is -2.58. The number of likely N-dealkylation sites (tertiary alicyclic amines) is 2. The first-order valence-corrected chi connectivity index (χ1v) is 11.7. The number of nitrogens with one attached hydrogen (secondary N) is 1. The van der Waals surface area contributed by atoms with E-state index in [1.165, 1.54) is 0 Å². The van der Waals surface area contributed by atoms with E-state index in [0.29, 0.717) is 31.7 Å². The summed E-state index contributed by atoms with van der Waals surface area (Å²) in [7, 11) is 2.03. The van der Waals surface area contributed by atoms with Crippen molar-refractivity contribution in [3.63, 3.8) is 0 Å². The van der Waals surface area contributed by atoms with E-state index in [-0.39, 0.29) is 23.5 Å². The molecular formula is C23H34N4O3. The molecule has 0 aromatic heterocycles. The van der Waals surface area contributed by atoms with E-state index in [0.717, 1.165) is 57.9 Å². The summed E-state index contributed by atoms with van der Waals surface area (Å²) in [6, 6.07) is 0.998. The smallest absolute Gasteiger partial charge is 0.243 e. The zero-order valence-electron chi connectivity index (χ0n) is 18.1. The predicted molar refractivity (Wildman–Crippen MR) is 111 cm³/mol. The first-order chi connectivity index (χ1) is 14.4. The van der Waals surface area contributed by atoms with Crippen LogP contribution in [-0.2, 0) is 14.4 Å². The molecule has 0 aromatic rings. The van der Waals surface area contributed by atoms with Crippen LogP contribution in [0.1, 0.15) is 70.6 Å². The molecule has 4 rings (SSSR count). The first kappa shape index (κ1) is 21.3. The summed E-state index contributed by atoms with van der Waals surface area (Å²) in [5.41, 5.74) is -0.453. The molecule has 30 heavy (non-hydrogen) atoms. The van der Waals surface area contributed by atoms with E-state index in [1.54, 1.807) is 4.90 Å². The number of ketones is 1. The van der Waals surface area contributed by atoms with Crippen LogP contribution in [-0.4, -0.2) is 65.2 Å². The van der Waals surface area contributed by atoms with Crippen molar-refractivity contribution >= 4 is 17.6 Å². The Morgan fingerprint density at radius 1 is 1.17 bits per heavy atom. The number of carbonyl (C=O) groups excluding carboxylic acids is 3. The monoisotopic (exact) mass is 414 g/mol. The molecule has 0 bridgehead atoms. The molecule has 0 aromatic carbocycles. The third kappa shape index (κ3) is 4.12. The second-order valence-corrected chi connectivity index (χ2v) is 9.84. The average Bonchev–Trinajstić information content (AvgIpc) is 3.39. The van der Waals surface area contributed by atoms with Gasteiger partial charge in [0.1, 0.15) is 23.4 Å². The van der Waals surface area contributed by atoms with Gasteiger partial charge >= 0.3 is 0 Å². The maximum absolute atomic E-state index is 13.5. The molecule has 2 aliphatic carbocycles. The zero-order chi connectivity index (χ0) is 21.3. The van der Waals surface area contributed by atoms with Crippen molar-refractivity contribution in [1.82, 2.24) is 15.1 Å². The maximum Gasteiger partial charge on any atom is 0.243 e. The summed E-state index contributed by atoms with van der Waals surface area (Å²) in [4.78, 5) is 42.7. The van der Waals surface area contributed by atoms with Gasteiger partial charge in [-0.25, -0.2) is 0 Å². The van der Waals surface area contributed by atoms with Gasteiger partial charge in [0.25, 0.3) is 0 Å². The summed E-state index contributed by atoms with van der Waals surface area (Å²) in [5.74, 6) is 0.444. The second-order valence-electron chi connectivity index (χ2n) is 9.84. The molecule has 2 saturated carbocycles. The Labute approximate surface area is 179 Å². The second kappa shape index (κ2) is 8.66. The largest absolute Gasteiger partial charge is 0.339 e. The van der Waals surface area contributed by atoms with Gasteiger partial charge in [-0.1, -0.05) is 12.8 Å². The Morgan fingerprint density at radius 2 is 1.97 bits per heavy atom. The van der Waals surface area contributed by atoms with Crippen LogP contribution < -0.4 is 5.32 Å². The van der Waals surface area contributed by atoms with E-state index in [4.69, 9.17) is 0 Å². The number of nitrogens with zero attached hydrogens (tertiary/aromatic N) is 3. The van der Waals surface area contributed by atoms with Crippen LogP contribution in [0, 0.1) is 23.2 Å². The summed E-state index contributed by atoms with van der Waals surface area (Å²) in [5, 5.41) is 12.5. The number of hydrogen-bond donors (Lipinski definition) is 1. The molecule has 7 nitrogen and oxygen atoms in total. The van der Waals surface area contributed by atoms with Gasteiger partial charge < -0.3 is 10.2 Å². The van der Waals surface area contributed by atoms with E-state index in [2.05, 4.69) is 16.3 Å². The molecule has 4 fully saturated rings. The van der Waals surface area contributed by atoms with Crippen LogP contribution in [0.2, 0.25) is 0 Å². The molecule has 0 radical (unpaired) electrons. The molecule has 2 amide bonds. The van der Waals surface area contributed by atoms with E-state index < -0.39 is 17.6 Å². The molecule has 1 unspecified atom stereocenters. The van der Waals surface area contributed by atoms with Crippen LogP contribution in [0.5, 0.6) is 0 Å². The summed E-state index contributed by atoms with van der Waals surface area (Å²) < 4.78 is 0. The average molecular weight is 415 g/mol. The fourth-order valence-electron chi connectivity index (χ4n) is 5.71. The number of Topliss-reactive ketones (excluding diaryl/α,β-unsaturated/α-hetero) is 1. The van der Waals surface area contributed by atoms with Crippen LogP contribution in [0.15, 0.2) is 0 Å². The number of nitriles is 1. The summed E-state index contributed by atoms with van der Waals surface area (Å²) in [6.07, 6.45) is 9.33. The Balaban J connectivity index is 1.45. The number of amides is 2. The van der Waals surface area contributed by atoms with E-state index >= 15 is 0 Å². The third-order valence-electron chi connectivity index (χ3n) is 7.85. The van der Waals surface area contributed by atoms with Gasteiger partial charge in [-0.15, -0.1) is 0 Å². The number of hydrogen-bond acceptors (Lipinski definition) is 5. The van der Waals surface area contributed by atoms with Crippen LogP contribution >= 0.6 is 0 Å². The fourth-order valence-corrected chi connectivity index (χ4v) is 5.71. The Kier molecular flexibility index (Phi) is 6.15. The maximum atomic E-state index is 13.5. The van der Waals surface area contributed by atoms with Gasteiger partial charge in [0.2, 0.25) is 11.8 Å². The van der Waals surface area contributed by atoms with Crippen LogP contribution in [0.25, 0.3) is 0 Å². The molecule has 4 atom stereocenters. The standard InChI is InChI=1S/C23H34N4O3/c1-26-11-3-2-9-23(26)10-12-27(22(23)30)19(13-16-7-8-16)21(29)25-18(15-24)14-17-5-4-6-20(17)28/h16-19H,2-14H2,1H3,(H,25,29)/t17-,18-,19-,23?/m0/s1. The number of piperidine rings is 1. The van der Waals surface area contributed by atoms with Crippen molar-refractivity contribution < 1.29 is 14.4 Å². The molecule has 1 N–H and O–H groups in total. The van der Waals surface area contributed by atoms with Crippen molar-refractivity contribution in [3.05, 3.63) is 0 Å². The zero-order valence-corrected chi connectivity index (χ0v) is 18.1. The highest BCUT2D eigenvalue weighted by Gasteiger charge is 2.53. The van der Waals surface area contributed by atoms with Gasteiger partial charge in [0.15, 0.2) is 0 Å². The number of carbonyl (C=O) groups is 3. The first-order valence-electron chi connectivity index (χ1n) is 11.7. The molecular weight excluding hydrogens is 380 g/mol. The Hall–Kier alpha value is -1.94. The summed E-state index contributed by atoms with van der Waals surface area (Å²) >= 11 is 0. The van der Waals surface area contributed by atoms with Gasteiger partial charge in [0.05, 0.1) is 6.07 Å². The Morgan fingerprint density at radius 3 is 2.60 bits per heavy atom. The predicted octanol–water partition coefficient (Wildman–Crippen LogP) is 2.01. The highest BCUT2D eigenvalue weighted by atomic mass is 16.2. The number of likely N-dealkylation sites (N-methyl/N-ethyl adjacent to an activating group) is 1. The van der Waals surface area contributed by atoms with Crippen molar-refractivity contribution in [2.75, 3.05) is 20.1 Å². The Bertz CT molecular complexity index is 743. The lowest BCUT2D eigenvalue weighted by Gasteiger charge is -2.41. The topological polar surface area (TPSA) is 93.5 Å². The lowest BCUT2D eigenvalue weighted by atomic mass is 9.85. The molecule has 2 saturated heterocycles. The lowest BCUT2D eigenvalue weighted by molar-refractivity contribution is -0.145. The van der Waals surface area contributed by atoms with Gasteiger partial charge in [-0.2, -0.15) is 5.26 Å². The van der Waals surface area contributed by atoms with Crippen molar-refractivity contribution in [1.29, 1.82) is 5.26 Å². The molecule has 2 heterocycles. The molecule has 2 aliphatic heterocycles. The summed E-state index contributed by atoms with van der Waals surface area (Å²) in [6.45, 7) is 1.53. The molecule has 4 aliphatic rings. The molecule has 7 heteroatoms. The SMILES string of the molecule is CN1CCCCC12CCN([C@@H](CC1CC1)C(=O)N[C@H](C#N)C[C@@H]1CCCC1=O)C2=O. The normalized spacial score (nSPS) is 31.7. The van der Waals surface area contributed by atoms with E-state index in [9.17, 15) is 19.6 Å². The van der Waals surface area contributed by atoms with Crippen molar-refractivity contribution in [2.45, 2.75) is 88.3 Å². The van der Waals surface area contributed by atoms with Crippen molar-refractivity contribution in [2.24, 2.45) is 11.8 Å². The van der Waals surface area contributed by atoms with Crippen LogP contribution in [0.3, 0.4) is 0 Å². The highest BCUT2D eigenvalue weighted by molar-refractivity contribution is 5.94. The minimum absolute atomic E-state index is 0.0879. The third-order valence-corrected chi connectivity index (χ3v) is 7.85. The van der Waals surface area contributed by atoms with Gasteiger partial charge in [-0.3, -0.25) is 19.3 Å².